The smallest absolute Gasteiger partial charge is 0.407 e. The molecular formula is C17H25N3O6S. The van der Waals surface area contributed by atoms with Crippen LogP contribution in [0.25, 0.3) is 0 Å². The molecule has 1 saturated heterocycles. The monoisotopic (exact) mass is 399 g/mol. The highest BCUT2D eigenvalue weighted by atomic mass is 32.2. The van der Waals surface area contributed by atoms with Crippen molar-refractivity contribution in [2.45, 2.75) is 61.9 Å². The number of aromatic nitrogens is 2. The lowest BCUT2D eigenvalue weighted by atomic mass is 9.94. The third-order valence-electron chi connectivity index (χ3n) is 4.99. The summed E-state index contributed by atoms with van der Waals surface area (Å²) >= 11 is 0. The van der Waals surface area contributed by atoms with Crippen molar-refractivity contribution in [2.24, 2.45) is 0 Å². The van der Waals surface area contributed by atoms with Crippen LogP contribution in [-0.2, 0) is 14.6 Å². The van der Waals surface area contributed by atoms with Gasteiger partial charge in [0.1, 0.15) is 6.10 Å². The van der Waals surface area contributed by atoms with E-state index in [0.29, 0.717) is 19.0 Å². The van der Waals surface area contributed by atoms with Gasteiger partial charge in [-0.25, -0.2) is 23.2 Å². The summed E-state index contributed by atoms with van der Waals surface area (Å²) in [6, 6.07) is 0. The van der Waals surface area contributed by atoms with Crippen molar-refractivity contribution >= 4 is 15.9 Å². The zero-order chi connectivity index (χ0) is 19.4. The molecule has 1 saturated carbocycles. The van der Waals surface area contributed by atoms with E-state index in [4.69, 9.17) is 14.6 Å². The lowest BCUT2D eigenvalue weighted by Crippen LogP contribution is -2.41. The standard InChI is InChI=1S/C17H25N3O6S/c1-27(23,24)16-11-18-15(10-19-16)26-13-4-2-12(3-5-13)25-14-6-8-20(9-7-14)17(21)22/h10-14H,2-9H2,1H3,(H,21,22). The molecule has 0 aromatic carbocycles. The first-order valence-electron chi connectivity index (χ1n) is 9.13. The first kappa shape index (κ1) is 19.8. The van der Waals surface area contributed by atoms with Gasteiger partial charge in [0.25, 0.3) is 0 Å². The molecule has 1 amide bonds. The van der Waals surface area contributed by atoms with E-state index in [0.717, 1.165) is 44.8 Å². The number of rotatable bonds is 5. The lowest BCUT2D eigenvalue weighted by Gasteiger charge is -2.35. The Morgan fingerprint density at radius 1 is 1.04 bits per heavy atom. The molecule has 0 atom stereocenters. The van der Waals surface area contributed by atoms with Crippen LogP contribution in [0.3, 0.4) is 0 Å². The van der Waals surface area contributed by atoms with Crippen molar-refractivity contribution in [2.75, 3.05) is 19.3 Å². The Morgan fingerprint density at radius 2 is 1.63 bits per heavy atom. The van der Waals surface area contributed by atoms with E-state index >= 15 is 0 Å². The SMILES string of the molecule is CS(=O)(=O)c1cnc(OC2CCC(OC3CCN(C(=O)O)CC3)CC2)cn1. The summed E-state index contributed by atoms with van der Waals surface area (Å²) < 4.78 is 34.7. The molecule has 1 aromatic rings. The molecule has 9 nitrogen and oxygen atoms in total. The topological polar surface area (TPSA) is 119 Å². The molecule has 1 aromatic heterocycles. The van der Waals surface area contributed by atoms with Crippen molar-refractivity contribution < 1.29 is 27.8 Å². The zero-order valence-corrected chi connectivity index (χ0v) is 16.1. The van der Waals surface area contributed by atoms with E-state index in [1.165, 1.54) is 17.3 Å². The molecule has 150 valence electrons. The molecule has 0 radical (unpaired) electrons. The lowest BCUT2D eigenvalue weighted by molar-refractivity contribution is -0.0644. The van der Waals surface area contributed by atoms with Crippen molar-refractivity contribution in [1.82, 2.24) is 14.9 Å². The van der Waals surface area contributed by atoms with Gasteiger partial charge in [-0.2, -0.15) is 0 Å². The highest BCUT2D eigenvalue weighted by Gasteiger charge is 2.28. The largest absolute Gasteiger partial charge is 0.473 e. The van der Waals surface area contributed by atoms with E-state index < -0.39 is 15.9 Å². The van der Waals surface area contributed by atoms with Crippen molar-refractivity contribution in [3.8, 4) is 5.88 Å². The van der Waals surface area contributed by atoms with E-state index in [1.807, 2.05) is 0 Å². The number of piperidine rings is 1. The Kier molecular flexibility index (Phi) is 6.15. The Bertz CT molecular complexity index is 738. The van der Waals surface area contributed by atoms with Crippen LogP contribution in [0, 0.1) is 0 Å². The molecule has 0 spiro atoms. The summed E-state index contributed by atoms with van der Waals surface area (Å²) in [7, 11) is -3.36. The molecular weight excluding hydrogens is 374 g/mol. The number of nitrogens with zero attached hydrogens (tertiary/aromatic N) is 3. The molecule has 1 N–H and O–H groups in total. The molecule has 0 bridgehead atoms. The Hall–Kier alpha value is -1.94. The third-order valence-corrected chi connectivity index (χ3v) is 5.96. The quantitative estimate of drug-likeness (QED) is 0.795. The van der Waals surface area contributed by atoms with Crippen LogP contribution >= 0.6 is 0 Å². The van der Waals surface area contributed by atoms with Gasteiger partial charge in [0.15, 0.2) is 14.9 Å². The van der Waals surface area contributed by atoms with Crippen LogP contribution in [0.5, 0.6) is 5.88 Å². The average Bonchev–Trinajstić information content (AvgIpc) is 2.63. The number of hydrogen-bond donors (Lipinski definition) is 1. The van der Waals surface area contributed by atoms with Crippen molar-refractivity contribution in [3.05, 3.63) is 12.4 Å². The van der Waals surface area contributed by atoms with Crippen LogP contribution < -0.4 is 4.74 Å². The zero-order valence-electron chi connectivity index (χ0n) is 15.3. The fraction of sp³-hybridized carbons (Fsp3) is 0.706. The summed E-state index contributed by atoms with van der Waals surface area (Å²) in [6.07, 6.45) is 7.97. The first-order chi connectivity index (χ1) is 12.8. The molecule has 2 fully saturated rings. The first-order valence-corrected chi connectivity index (χ1v) is 11.0. The maximum Gasteiger partial charge on any atom is 0.407 e. The molecule has 1 aliphatic carbocycles. The van der Waals surface area contributed by atoms with Crippen LogP contribution in [-0.4, -0.2) is 72.1 Å². The molecule has 10 heteroatoms. The van der Waals surface area contributed by atoms with Gasteiger partial charge in [-0.05, 0) is 38.5 Å². The van der Waals surface area contributed by atoms with Crippen LogP contribution in [0.1, 0.15) is 38.5 Å². The minimum Gasteiger partial charge on any atom is -0.473 e. The maximum atomic E-state index is 11.4. The average molecular weight is 399 g/mol. The van der Waals surface area contributed by atoms with Gasteiger partial charge in [0, 0.05) is 19.3 Å². The van der Waals surface area contributed by atoms with Gasteiger partial charge >= 0.3 is 6.09 Å². The normalized spacial score (nSPS) is 24.6. The predicted octanol–water partition coefficient (Wildman–Crippen LogP) is 1.73. The Balaban J connectivity index is 1.41. The number of carboxylic acid groups (broad SMARTS) is 1. The molecule has 1 aliphatic heterocycles. The molecule has 0 unspecified atom stereocenters. The van der Waals surface area contributed by atoms with Crippen LogP contribution in [0.2, 0.25) is 0 Å². The van der Waals surface area contributed by atoms with Gasteiger partial charge in [-0.1, -0.05) is 0 Å². The van der Waals surface area contributed by atoms with Crippen LogP contribution in [0.15, 0.2) is 17.4 Å². The van der Waals surface area contributed by atoms with Crippen molar-refractivity contribution in [3.63, 3.8) is 0 Å². The number of hydrogen-bond acceptors (Lipinski definition) is 7. The van der Waals surface area contributed by atoms with Gasteiger partial charge in [0.2, 0.25) is 5.88 Å². The van der Waals surface area contributed by atoms with E-state index in [-0.39, 0.29) is 23.3 Å². The summed E-state index contributed by atoms with van der Waals surface area (Å²) in [5, 5.41) is 8.91. The van der Waals surface area contributed by atoms with Gasteiger partial charge in [-0.15, -0.1) is 0 Å². The highest BCUT2D eigenvalue weighted by molar-refractivity contribution is 7.90. The summed E-state index contributed by atoms with van der Waals surface area (Å²) in [5.74, 6) is 0.327. The summed E-state index contributed by atoms with van der Waals surface area (Å²) in [5.41, 5.74) is 0. The minimum absolute atomic E-state index is 0.0112. The third kappa shape index (κ3) is 5.52. The van der Waals surface area contributed by atoms with Crippen molar-refractivity contribution in [1.29, 1.82) is 0 Å². The Morgan fingerprint density at radius 3 is 2.15 bits per heavy atom. The molecule has 2 heterocycles. The minimum atomic E-state index is -3.36. The van der Waals surface area contributed by atoms with Gasteiger partial charge in [-0.3, -0.25) is 0 Å². The number of amides is 1. The highest BCUT2D eigenvalue weighted by Crippen LogP contribution is 2.27. The second-order valence-corrected chi connectivity index (χ2v) is 9.05. The number of likely N-dealkylation sites (tertiary alicyclic amines) is 1. The second-order valence-electron chi connectivity index (χ2n) is 7.09. The Labute approximate surface area is 158 Å². The number of ether oxygens (including phenoxy) is 2. The van der Waals surface area contributed by atoms with E-state index in [1.54, 1.807) is 0 Å². The number of sulfone groups is 1. The second kappa shape index (κ2) is 8.39. The maximum absolute atomic E-state index is 11.4. The molecule has 27 heavy (non-hydrogen) atoms. The number of carbonyl (C=O) groups is 1. The van der Waals surface area contributed by atoms with Crippen LogP contribution in [0.4, 0.5) is 4.79 Å². The predicted molar refractivity (Wildman–Crippen MR) is 95.5 cm³/mol. The van der Waals surface area contributed by atoms with Gasteiger partial charge < -0.3 is 19.5 Å². The summed E-state index contributed by atoms with van der Waals surface area (Å²) in [6.45, 7) is 1.06. The fourth-order valence-electron chi connectivity index (χ4n) is 3.47. The fourth-order valence-corrected chi connectivity index (χ4v) is 3.96. The summed E-state index contributed by atoms with van der Waals surface area (Å²) in [4.78, 5) is 20.3. The van der Waals surface area contributed by atoms with Gasteiger partial charge in [0.05, 0.1) is 24.6 Å². The molecule has 2 aliphatic rings. The van der Waals surface area contributed by atoms with E-state index in [2.05, 4.69) is 9.97 Å². The van der Waals surface area contributed by atoms with E-state index in [9.17, 15) is 13.2 Å². The molecule has 3 rings (SSSR count).